The molecule has 0 aliphatic carbocycles. The third kappa shape index (κ3) is 2.61. The number of aryl methyl sites for hydroxylation is 2. The molecule has 104 valence electrons. The van der Waals surface area contributed by atoms with Crippen molar-refractivity contribution in [2.45, 2.75) is 25.4 Å². The van der Waals surface area contributed by atoms with E-state index in [9.17, 15) is 8.42 Å². The summed E-state index contributed by atoms with van der Waals surface area (Å²) in [4.78, 5) is 0. The van der Waals surface area contributed by atoms with Crippen molar-refractivity contribution >= 4 is 15.7 Å². The van der Waals surface area contributed by atoms with Gasteiger partial charge in [-0.3, -0.25) is 14.9 Å². The zero-order valence-corrected chi connectivity index (χ0v) is 11.7. The lowest BCUT2D eigenvalue weighted by Gasteiger charge is -2.08. The SMILES string of the molecule is CNCc1cn[nH]c1S(=O)(=O)Nc1c(C)n[nH]c1C. The van der Waals surface area contributed by atoms with Crippen molar-refractivity contribution in [3.63, 3.8) is 0 Å². The lowest BCUT2D eigenvalue weighted by atomic mass is 10.3. The summed E-state index contributed by atoms with van der Waals surface area (Å²) in [6, 6.07) is 0. The van der Waals surface area contributed by atoms with E-state index in [1.807, 2.05) is 0 Å². The van der Waals surface area contributed by atoms with Crippen LogP contribution in [0.2, 0.25) is 0 Å². The third-order valence-corrected chi connectivity index (χ3v) is 4.04. The molecular formula is C10H16N6O2S. The molecule has 2 aromatic rings. The molecule has 2 aromatic heterocycles. The first-order valence-electron chi connectivity index (χ1n) is 5.67. The van der Waals surface area contributed by atoms with E-state index in [4.69, 9.17) is 0 Å². The van der Waals surface area contributed by atoms with Crippen LogP contribution in [0, 0.1) is 13.8 Å². The van der Waals surface area contributed by atoms with Crippen LogP contribution in [0.5, 0.6) is 0 Å². The number of aromatic amines is 2. The van der Waals surface area contributed by atoms with Crippen molar-refractivity contribution in [2.24, 2.45) is 0 Å². The van der Waals surface area contributed by atoms with Crippen molar-refractivity contribution < 1.29 is 8.42 Å². The maximum Gasteiger partial charge on any atom is 0.279 e. The lowest BCUT2D eigenvalue weighted by molar-refractivity contribution is 0.595. The molecule has 0 spiro atoms. The molecule has 0 amide bonds. The van der Waals surface area contributed by atoms with Crippen LogP contribution in [0.3, 0.4) is 0 Å². The summed E-state index contributed by atoms with van der Waals surface area (Å²) in [5.74, 6) is 0. The predicted molar refractivity (Wildman–Crippen MR) is 70.2 cm³/mol. The van der Waals surface area contributed by atoms with Gasteiger partial charge in [0.2, 0.25) is 0 Å². The predicted octanol–water partition coefficient (Wildman–Crippen LogP) is 0.270. The monoisotopic (exact) mass is 284 g/mol. The Morgan fingerprint density at radius 1 is 1.32 bits per heavy atom. The van der Waals surface area contributed by atoms with Gasteiger partial charge in [0.15, 0.2) is 5.03 Å². The Morgan fingerprint density at radius 3 is 2.63 bits per heavy atom. The number of rotatable bonds is 5. The molecule has 0 fully saturated rings. The van der Waals surface area contributed by atoms with Gasteiger partial charge >= 0.3 is 0 Å². The highest BCUT2D eigenvalue weighted by Gasteiger charge is 2.22. The number of nitrogens with one attached hydrogen (secondary N) is 4. The number of aromatic nitrogens is 4. The first kappa shape index (κ1) is 13.6. The molecule has 0 aliphatic heterocycles. The number of sulfonamides is 1. The summed E-state index contributed by atoms with van der Waals surface area (Å²) in [6.07, 6.45) is 1.49. The van der Waals surface area contributed by atoms with Gasteiger partial charge in [-0.15, -0.1) is 0 Å². The van der Waals surface area contributed by atoms with Crippen molar-refractivity contribution in [1.82, 2.24) is 25.7 Å². The maximum atomic E-state index is 12.3. The van der Waals surface area contributed by atoms with Crippen LogP contribution in [-0.2, 0) is 16.6 Å². The lowest BCUT2D eigenvalue weighted by Crippen LogP contribution is -2.17. The molecule has 8 nitrogen and oxygen atoms in total. The third-order valence-electron chi connectivity index (χ3n) is 2.68. The average Bonchev–Trinajstić information content (AvgIpc) is 2.92. The molecule has 2 heterocycles. The number of H-pyrrole nitrogens is 2. The minimum absolute atomic E-state index is 0.0573. The van der Waals surface area contributed by atoms with Gasteiger partial charge in [-0.05, 0) is 20.9 Å². The van der Waals surface area contributed by atoms with E-state index < -0.39 is 10.0 Å². The van der Waals surface area contributed by atoms with E-state index in [1.165, 1.54) is 6.20 Å². The van der Waals surface area contributed by atoms with Gasteiger partial charge in [0, 0.05) is 12.1 Å². The Hall–Kier alpha value is -1.87. The zero-order valence-electron chi connectivity index (χ0n) is 10.9. The highest BCUT2D eigenvalue weighted by molar-refractivity contribution is 7.92. The van der Waals surface area contributed by atoms with Gasteiger partial charge in [-0.1, -0.05) is 0 Å². The Bertz CT molecular complexity index is 653. The summed E-state index contributed by atoms with van der Waals surface area (Å²) in [6.45, 7) is 3.89. The Kier molecular flexibility index (Phi) is 3.58. The fourth-order valence-corrected chi connectivity index (χ4v) is 3.05. The molecule has 0 aliphatic rings. The molecular weight excluding hydrogens is 268 g/mol. The zero-order chi connectivity index (χ0) is 14.0. The smallest absolute Gasteiger partial charge is 0.279 e. The first-order valence-corrected chi connectivity index (χ1v) is 7.15. The number of hydrogen-bond acceptors (Lipinski definition) is 5. The van der Waals surface area contributed by atoms with E-state index in [2.05, 4.69) is 30.4 Å². The van der Waals surface area contributed by atoms with Crippen LogP contribution in [0.1, 0.15) is 17.0 Å². The minimum Gasteiger partial charge on any atom is -0.316 e. The normalized spacial score (nSPS) is 11.7. The summed E-state index contributed by atoms with van der Waals surface area (Å²) < 4.78 is 27.1. The molecule has 2 rings (SSSR count). The van der Waals surface area contributed by atoms with Crippen LogP contribution in [0.15, 0.2) is 11.2 Å². The molecule has 9 heteroatoms. The largest absolute Gasteiger partial charge is 0.316 e. The molecule has 0 unspecified atom stereocenters. The highest BCUT2D eigenvalue weighted by Crippen LogP contribution is 2.21. The number of hydrogen-bond donors (Lipinski definition) is 4. The van der Waals surface area contributed by atoms with E-state index in [1.54, 1.807) is 20.9 Å². The molecule has 0 bridgehead atoms. The van der Waals surface area contributed by atoms with E-state index in [0.717, 1.165) is 0 Å². The van der Waals surface area contributed by atoms with Crippen molar-refractivity contribution in [2.75, 3.05) is 11.8 Å². The molecule has 0 saturated heterocycles. The fourth-order valence-electron chi connectivity index (χ4n) is 1.73. The second-order valence-electron chi connectivity index (χ2n) is 4.17. The van der Waals surface area contributed by atoms with Crippen LogP contribution in [0.25, 0.3) is 0 Å². The fraction of sp³-hybridized carbons (Fsp3) is 0.400. The topological polar surface area (TPSA) is 116 Å². The molecule has 0 aromatic carbocycles. The van der Waals surface area contributed by atoms with Gasteiger partial charge < -0.3 is 5.32 Å². The van der Waals surface area contributed by atoms with Crippen molar-refractivity contribution in [3.8, 4) is 0 Å². The molecule has 0 radical (unpaired) electrons. The molecule has 19 heavy (non-hydrogen) atoms. The molecule has 0 saturated carbocycles. The van der Waals surface area contributed by atoms with E-state index >= 15 is 0 Å². The Balaban J connectivity index is 2.35. The van der Waals surface area contributed by atoms with Gasteiger partial charge in [-0.2, -0.15) is 18.6 Å². The van der Waals surface area contributed by atoms with Crippen LogP contribution < -0.4 is 10.0 Å². The highest BCUT2D eigenvalue weighted by atomic mass is 32.2. The van der Waals surface area contributed by atoms with Crippen LogP contribution >= 0.6 is 0 Å². The van der Waals surface area contributed by atoms with Gasteiger partial charge in [0.1, 0.15) is 0 Å². The van der Waals surface area contributed by atoms with E-state index in [-0.39, 0.29) is 5.03 Å². The molecule has 4 N–H and O–H groups in total. The second-order valence-corrected chi connectivity index (χ2v) is 5.79. The Morgan fingerprint density at radius 2 is 2.05 bits per heavy atom. The summed E-state index contributed by atoms with van der Waals surface area (Å²) in [7, 11) is -1.97. The maximum absolute atomic E-state index is 12.3. The van der Waals surface area contributed by atoms with Crippen LogP contribution in [-0.4, -0.2) is 35.9 Å². The average molecular weight is 284 g/mol. The van der Waals surface area contributed by atoms with Gasteiger partial charge in [-0.25, -0.2) is 0 Å². The van der Waals surface area contributed by atoms with Crippen LogP contribution in [0.4, 0.5) is 5.69 Å². The second kappa shape index (κ2) is 5.02. The summed E-state index contributed by atoms with van der Waals surface area (Å²) >= 11 is 0. The molecule has 0 atom stereocenters. The first-order chi connectivity index (χ1) is 8.95. The minimum atomic E-state index is -3.71. The standard InChI is InChI=1S/C10H16N6O2S/c1-6-9(7(2)14-13-6)16-19(17,18)10-8(4-11-3)5-12-15-10/h5,11,16H,4H2,1-3H3,(H,12,15)(H,13,14). The summed E-state index contributed by atoms with van der Waals surface area (Å²) in [5.41, 5.74) is 2.30. The van der Waals surface area contributed by atoms with Crippen molar-refractivity contribution in [1.29, 1.82) is 0 Å². The van der Waals surface area contributed by atoms with Crippen molar-refractivity contribution in [3.05, 3.63) is 23.1 Å². The number of nitrogens with zero attached hydrogens (tertiary/aromatic N) is 2. The Labute approximate surface area is 111 Å². The number of anilines is 1. The summed E-state index contributed by atoms with van der Waals surface area (Å²) in [5, 5.41) is 15.9. The van der Waals surface area contributed by atoms with Gasteiger partial charge in [0.05, 0.1) is 23.3 Å². The van der Waals surface area contributed by atoms with Gasteiger partial charge in [0.25, 0.3) is 10.0 Å². The van der Waals surface area contributed by atoms with E-state index in [0.29, 0.717) is 29.2 Å². The quantitative estimate of drug-likeness (QED) is 0.629.